The highest BCUT2D eigenvalue weighted by Gasteiger charge is 2.43. The Kier molecular flexibility index (Phi) is 2.45. The zero-order valence-corrected chi connectivity index (χ0v) is 8.44. The van der Waals surface area contributed by atoms with E-state index >= 15 is 0 Å². The standard InChI is InChI=1S/C12H12FNO/c1-7-2-3-9(11(13)4-7)12(15)10-5-8(10)6-14/h2-4,8,10,12,15H,5H2,1H3. The second kappa shape index (κ2) is 3.63. The average Bonchev–Trinajstić information content (AvgIpc) is 2.95. The molecule has 1 saturated carbocycles. The van der Waals surface area contributed by atoms with Crippen LogP contribution in [0.3, 0.4) is 0 Å². The SMILES string of the molecule is Cc1ccc(C(O)C2CC2C#N)c(F)c1. The molecule has 3 atom stereocenters. The van der Waals surface area contributed by atoms with Crippen molar-refractivity contribution in [2.45, 2.75) is 19.4 Å². The number of aliphatic hydroxyl groups is 1. The van der Waals surface area contributed by atoms with Gasteiger partial charge in [0.05, 0.1) is 18.1 Å². The maximum absolute atomic E-state index is 13.5. The Hall–Kier alpha value is -1.40. The number of aryl methyl sites for hydroxylation is 1. The van der Waals surface area contributed by atoms with Crippen LogP contribution in [0.2, 0.25) is 0 Å². The maximum Gasteiger partial charge on any atom is 0.129 e. The van der Waals surface area contributed by atoms with Gasteiger partial charge in [-0.1, -0.05) is 12.1 Å². The van der Waals surface area contributed by atoms with Crippen molar-refractivity contribution >= 4 is 0 Å². The third-order valence-electron chi connectivity index (χ3n) is 2.89. The minimum Gasteiger partial charge on any atom is -0.388 e. The van der Waals surface area contributed by atoms with Gasteiger partial charge in [-0.15, -0.1) is 0 Å². The minimum atomic E-state index is -0.838. The van der Waals surface area contributed by atoms with E-state index in [0.29, 0.717) is 12.0 Å². The predicted molar refractivity (Wildman–Crippen MR) is 53.3 cm³/mol. The van der Waals surface area contributed by atoms with Crippen molar-refractivity contribution in [2.24, 2.45) is 11.8 Å². The fourth-order valence-corrected chi connectivity index (χ4v) is 1.81. The quantitative estimate of drug-likeness (QED) is 0.805. The average molecular weight is 205 g/mol. The molecule has 0 spiro atoms. The van der Waals surface area contributed by atoms with Crippen molar-refractivity contribution in [3.05, 3.63) is 35.1 Å². The van der Waals surface area contributed by atoms with E-state index in [0.717, 1.165) is 5.56 Å². The highest BCUT2D eigenvalue weighted by atomic mass is 19.1. The summed E-state index contributed by atoms with van der Waals surface area (Å²) in [5.74, 6) is -0.584. The van der Waals surface area contributed by atoms with E-state index < -0.39 is 6.10 Å². The molecule has 1 aliphatic rings. The molecule has 78 valence electrons. The van der Waals surface area contributed by atoms with Gasteiger partial charge < -0.3 is 5.11 Å². The van der Waals surface area contributed by atoms with Crippen molar-refractivity contribution < 1.29 is 9.50 Å². The molecule has 1 aliphatic carbocycles. The van der Waals surface area contributed by atoms with Crippen LogP contribution >= 0.6 is 0 Å². The molecule has 0 aromatic heterocycles. The molecule has 1 fully saturated rings. The molecule has 0 amide bonds. The van der Waals surface area contributed by atoms with Crippen molar-refractivity contribution in [3.63, 3.8) is 0 Å². The van der Waals surface area contributed by atoms with Crippen LogP contribution in [0, 0.1) is 35.9 Å². The first-order chi connectivity index (χ1) is 7.13. The van der Waals surface area contributed by atoms with E-state index in [-0.39, 0.29) is 17.7 Å². The van der Waals surface area contributed by atoms with Gasteiger partial charge in [-0.25, -0.2) is 4.39 Å². The highest BCUT2D eigenvalue weighted by molar-refractivity contribution is 5.27. The molecule has 15 heavy (non-hydrogen) atoms. The van der Waals surface area contributed by atoms with Crippen LogP contribution in [0.4, 0.5) is 4.39 Å². The molecule has 0 saturated heterocycles. The Morgan fingerprint density at radius 1 is 1.60 bits per heavy atom. The van der Waals surface area contributed by atoms with Gasteiger partial charge in [0, 0.05) is 11.5 Å². The smallest absolute Gasteiger partial charge is 0.129 e. The third-order valence-corrected chi connectivity index (χ3v) is 2.89. The first-order valence-electron chi connectivity index (χ1n) is 4.97. The van der Waals surface area contributed by atoms with Crippen LogP contribution in [0.1, 0.15) is 23.7 Å². The van der Waals surface area contributed by atoms with Crippen LogP contribution in [0.25, 0.3) is 0 Å². The topological polar surface area (TPSA) is 44.0 Å². The number of halogens is 1. The molecule has 0 aliphatic heterocycles. The lowest BCUT2D eigenvalue weighted by Crippen LogP contribution is -2.04. The highest BCUT2D eigenvalue weighted by Crippen LogP contribution is 2.47. The van der Waals surface area contributed by atoms with Gasteiger partial charge in [-0.2, -0.15) is 5.26 Å². The first-order valence-corrected chi connectivity index (χ1v) is 4.97. The van der Waals surface area contributed by atoms with Gasteiger partial charge in [-0.05, 0) is 25.0 Å². The van der Waals surface area contributed by atoms with Crippen LogP contribution in [0.5, 0.6) is 0 Å². The van der Waals surface area contributed by atoms with E-state index in [9.17, 15) is 9.50 Å². The predicted octanol–water partition coefficient (Wildman–Crippen LogP) is 2.33. The monoisotopic (exact) mass is 205 g/mol. The van der Waals surface area contributed by atoms with E-state index in [4.69, 9.17) is 5.26 Å². The van der Waals surface area contributed by atoms with Crippen LogP contribution in [-0.4, -0.2) is 5.11 Å². The summed E-state index contributed by atoms with van der Waals surface area (Å²) < 4.78 is 13.5. The Morgan fingerprint density at radius 3 is 2.87 bits per heavy atom. The zero-order valence-electron chi connectivity index (χ0n) is 8.44. The fourth-order valence-electron chi connectivity index (χ4n) is 1.81. The summed E-state index contributed by atoms with van der Waals surface area (Å²) in [6, 6.07) is 6.86. The molecule has 2 rings (SSSR count). The number of hydrogen-bond donors (Lipinski definition) is 1. The lowest BCUT2D eigenvalue weighted by Gasteiger charge is -2.11. The van der Waals surface area contributed by atoms with Crippen LogP contribution in [-0.2, 0) is 0 Å². The number of aliphatic hydroxyl groups excluding tert-OH is 1. The molecule has 0 heterocycles. The molecule has 1 aromatic rings. The van der Waals surface area contributed by atoms with E-state index in [1.807, 2.05) is 0 Å². The molecule has 3 heteroatoms. The summed E-state index contributed by atoms with van der Waals surface area (Å²) in [5, 5.41) is 18.5. The second-order valence-electron chi connectivity index (χ2n) is 4.10. The van der Waals surface area contributed by atoms with Gasteiger partial charge in [0.2, 0.25) is 0 Å². The van der Waals surface area contributed by atoms with Gasteiger partial charge >= 0.3 is 0 Å². The lowest BCUT2D eigenvalue weighted by atomic mass is 10.0. The fraction of sp³-hybridized carbons (Fsp3) is 0.417. The Morgan fingerprint density at radius 2 is 2.33 bits per heavy atom. The summed E-state index contributed by atoms with van der Waals surface area (Å²) in [5.41, 5.74) is 1.14. The number of nitrogens with zero attached hydrogens (tertiary/aromatic N) is 1. The molecule has 0 bridgehead atoms. The van der Waals surface area contributed by atoms with Crippen molar-refractivity contribution in [1.29, 1.82) is 5.26 Å². The Labute approximate surface area is 88.0 Å². The van der Waals surface area contributed by atoms with Crippen LogP contribution in [0.15, 0.2) is 18.2 Å². The largest absolute Gasteiger partial charge is 0.388 e. The van der Waals surface area contributed by atoms with Crippen LogP contribution < -0.4 is 0 Å². The van der Waals surface area contributed by atoms with E-state index in [1.165, 1.54) is 6.07 Å². The zero-order chi connectivity index (χ0) is 11.0. The van der Waals surface area contributed by atoms with Crippen molar-refractivity contribution in [3.8, 4) is 6.07 Å². The molecule has 0 radical (unpaired) electrons. The lowest BCUT2D eigenvalue weighted by molar-refractivity contribution is 0.145. The van der Waals surface area contributed by atoms with Gasteiger partial charge in [0.1, 0.15) is 5.82 Å². The number of benzene rings is 1. The molecule has 1 aromatic carbocycles. The molecule has 1 N–H and O–H groups in total. The Balaban J connectivity index is 2.20. The molecule has 2 nitrogen and oxygen atoms in total. The first kappa shape index (κ1) is 10.1. The molecule has 3 unspecified atom stereocenters. The van der Waals surface area contributed by atoms with E-state index in [2.05, 4.69) is 6.07 Å². The van der Waals surface area contributed by atoms with Gasteiger partial charge in [0.15, 0.2) is 0 Å². The summed E-state index contributed by atoms with van der Waals surface area (Å²) in [6.07, 6.45) is -0.166. The summed E-state index contributed by atoms with van der Waals surface area (Å²) in [7, 11) is 0. The molecular weight excluding hydrogens is 193 g/mol. The Bertz CT molecular complexity index is 424. The number of hydrogen-bond acceptors (Lipinski definition) is 2. The summed E-state index contributed by atoms with van der Waals surface area (Å²) in [6.45, 7) is 1.80. The minimum absolute atomic E-state index is 0.0905. The van der Waals surface area contributed by atoms with Gasteiger partial charge in [0.25, 0.3) is 0 Å². The maximum atomic E-state index is 13.5. The second-order valence-corrected chi connectivity index (χ2v) is 4.10. The normalized spacial score (nSPS) is 25.7. The van der Waals surface area contributed by atoms with E-state index in [1.54, 1.807) is 19.1 Å². The summed E-state index contributed by atoms with van der Waals surface area (Å²) in [4.78, 5) is 0. The number of nitriles is 1. The summed E-state index contributed by atoms with van der Waals surface area (Å²) >= 11 is 0. The van der Waals surface area contributed by atoms with Crippen molar-refractivity contribution in [2.75, 3.05) is 0 Å². The van der Waals surface area contributed by atoms with Gasteiger partial charge in [-0.3, -0.25) is 0 Å². The molecular formula is C12H12FNO. The third kappa shape index (κ3) is 1.86. The number of rotatable bonds is 2. The van der Waals surface area contributed by atoms with Crippen molar-refractivity contribution in [1.82, 2.24) is 0 Å².